The molecule has 0 unspecified atom stereocenters. The molecule has 0 amide bonds. The molecule has 1 radical (unpaired) electrons. The number of likely N-dealkylation sites (N-methyl/N-ethyl adjacent to an activating group) is 2. The fourth-order valence-electron chi connectivity index (χ4n) is 10.8. The van der Waals surface area contributed by atoms with Crippen LogP contribution in [0.1, 0.15) is 134 Å². The Bertz CT molecular complexity index is 1690. The van der Waals surface area contributed by atoms with E-state index in [2.05, 4.69) is 143 Å². The molecule has 0 spiro atoms. The van der Waals surface area contributed by atoms with Gasteiger partial charge in [-0.3, -0.25) is 28.9 Å². The van der Waals surface area contributed by atoms with Crippen molar-refractivity contribution in [2.45, 2.75) is 192 Å². The quantitative estimate of drug-likeness (QED) is 0.0723. The number of hydrogen-bond donors (Lipinski definition) is 2. The third-order valence-electron chi connectivity index (χ3n) is 13.1. The molecule has 3 rings (SSSR count). The van der Waals surface area contributed by atoms with Crippen LogP contribution in [0.4, 0.5) is 26.3 Å². The van der Waals surface area contributed by atoms with Crippen molar-refractivity contribution in [3.05, 3.63) is 48.0 Å². The molecule has 0 aliphatic heterocycles. The Morgan fingerprint density at radius 2 is 0.810 bits per heavy atom. The number of nitrogens with zero attached hydrogens (tertiary/aromatic N) is 4. The summed E-state index contributed by atoms with van der Waals surface area (Å²) in [4.78, 5) is 15.8. The fraction of sp³-hybridized carbons (Fsp3) is 0.762. The molecule has 2 atom stereocenters. The van der Waals surface area contributed by atoms with E-state index >= 15 is 0 Å². The molecule has 2 heterocycles. The molecule has 1 saturated carbocycles. The average molecular weight is 1020 g/mol. The molecule has 63 heavy (non-hydrogen) atoms. The van der Waals surface area contributed by atoms with Crippen molar-refractivity contribution in [1.29, 1.82) is 0 Å². The molecule has 1 aliphatic rings. The van der Waals surface area contributed by atoms with Gasteiger partial charge in [-0.05, 0) is 81.7 Å². The molecule has 10 nitrogen and oxygen atoms in total. The van der Waals surface area contributed by atoms with Gasteiger partial charge >= 0.3 is 31.3 Å². The summed E-state index contributed by atoms with van der Waals surface area (Å²) in [7, 11) is -15.1. The van der Waals surface area contributed by atoms with E-state index in [1.165, 1.54) is 37.1 Å². The molecule has 0 bridgehead atoms. The molecule has 0 aromatic carbocycles. The van der Waals surface area contributed by atoms with E-state index in [-0.39, 0.29) is 17.1 Å². The van der Waals surface area contributed by atoms with Crippen LogP contribution in [0, 0.1) is 0 Å². The monoisotopic (exact) mass is 1020 g/mol. The van der Waals surface area contributed by atoms with Crippen molar-refractivity contribution in [3.63, 3.8) is 0 Å². The van der Waals surface area contributed by atoms with Crippen molar-refractivity contribution in [1.82, 2.24) is 19.8 Å². The van der Waals surface area contributed by atoms with Crippen molar-refractivity contribution in [2.75, 3.05) is 13.1 Å². The van der Waals surface area contributed by atoms with Crippen molar-refractivity contribution in [3.8, 4) is 0 Å². The first-order valence-corrected chi connectivity index (χ1v) is 29.0. The summed E-state index contributed by atoms with van der Waals surface area (Å²) in [6.07, 6.45) is 9.75. The molecular formula is C42H74F6MnN4O6S2Si2. The van der Waals surface area contributed by atoms with Crippen LogP contribution in [0.25, 0.3) is 0 Å². The summed E-state index contributed by atoms with van der Waals surface area (Å²) < 4.78 is 115. The third-order valence-corrected chi connectivity index (χ3v) is 28.4. The Labute approximate surface area is 387 Å². The van der Waals surface area contributed by atoms with E-state index in [0.29, 0.717) is 45.3 Å². The molecule has 1 aliphatic carbocycles. The van der Waals surface area contributed by atoms with Gasteiger partial charge in [0, 0.05) is 54.6 Å². The first-order valence-electron chi connectivity index (χ1n) is 21.6. The minimum Gasteiger partial charge on any atom is -0.293 e. The number of pyridine rings is 2. The van der Waals surface area contributed by atoms with Crippen molar-refractivity contribution in [2.24, 2.45) is 0 Å². The van der Waals surface area contributed by atoms with E-state index in [9.17, 15) is 26.3 Å². The predicted octanol–water partition coefficient (Wildman–Crippen LogP) is 10.7. The fourth-order valence-corrected chi connectivity index (χ4v) is 24.2. The van der Waals surface area contributed by atoms with Gasteiger partial charge in [0.25, 0.3) is 0 Å². The molecule has 2 N–H and O–H groups in total. The van der Waals surface area contributed by atoms with Crippen molar-refractivity contribution < 1.29 is 69.4 Å². The number of halogens is 6. The summed E-state index contributed by atoms with van der Waals surface area (Å²) in [5.41, 5.74) is -4.42. The van der Waals surface area contributed by atoms with E-state index in [1.807, 2.05) is 0 Å². The summed E-state index contributed by atoms with van der Waals surface area (Å²) >= 11 is 0. The Morgan fingerprint density at radius 3 is 0.968 bits per heavy atom. The average Bonchev–Trinajstić information content (AvgIpc) is 3.12. The number of alkyl halides is 6. The van der Waals surface area contributed by atoms with Crippen LogP contribution in [-0.4, -0.2) is 98.0 Å². The van der Waals surface area contributed by atoms with Gasteiger partial charge in [-0.15, -0.1) is 0 Å². The SMILES string of the molecule is CCN(Cc1ccc([Si](C(C)C)(C(C)C)C(C)C)cn1)[C@H]1CCCC[C@@H]1N(CC)Cc1ccc([Si](C(C)C)(C(C)C)C(C)C)cn1.O=S(=O)(O)C(F)(F)F.O=S(=O)(O)C(F)(F)F.[Mn]. The second-order valence-corrected chi connectivity index (χ2v) is 32.9. The zero-order chi connectivity index (χ0) is 48.4. The zero-order valence-corrected chi connectivity index (χ0v) is 44.3. The van der Waals surface area contributed by atoms with Crippen LogP contribution < -0.4 is 10.4 Å². The maximum absolute atomic E-state index is 10.7. The van der Waals surface area contributed by atoms with E-state index in [1.54, 1.807) is 10.4 Å². The van der Waals surface area contributed by atoms with Crippen LogP contribution >= 0.6 is 0 Å². The maximum Gasteiger partial charge on any atom is 0.522 e. The smallest absolute Gasteiger partial charge is 0.293 e. The van der Waals surface area contributed by atoms with Gasteiger partial charge in [0.05, 0.1) is 27.5 Å². The van der Waals surface area contributed by atoms with Gasteiger partial charge < -0.3 is 0 Å². The van der Waals surface area contributed by atoms with Gasteiger partial charge in [-0.2, -0.15) is 43.2 Å². The van der Waals surface area contributed by atoms with Crippen molar-refractivity contribution >= 4 is 46.8 Å². The predicted molar refractivity (Wildman–Crippen MR) is 243 cm³/mol. The van der Waals surface area contributed by atoms with Gasteiger partial charge in [0.1, 0.15) is 0 Å². The molecule has 1 fully saturated rings. The standard InChI is InChI=1S/C40H72N4Si2.2CHF3O3S.Mn/c1-15-43(27-35-21-23-37(25-41-35)45(29(3)4,30(5)6)31(7)8)39-19-17-18-20-40(39)44(16-2)28-36-22-24-38(26-42-36)46(32(9)10,33(11)12)34(13)14;2*2-1(3,4)8(5,6)7;/h21-26,29-34,39-40H,15-20,27-28H2,1-14H3;2*(H,5,6,7);/t39-,40-;;;/m0.../s1. The minimum absolute atomic E-state index is 0. The second kappa shape index (κ2) is 25.1. The van der Waals surface area contributed by atoms with Crippen LogP contribution in [-0.2, 0) is 50.4 Å². The normalized spacial score (nSPS) is 17.0. The first-order chi connectivity index (χ1) is 28.2. The molecule has 367 valence electrons. The molecular weight excluding hydrogens is 946 g/mol. The molecule has 0 saturated heterocycles. The van der Waals surface area contributed by atoms with E-state index in [4.69, 9.17) is 35.9 Å². The Balaban J connectivity index is 0.00000191. The van der Waals surface area contributed by atoms with Crippen LogP contribution in [0.15, 0.2) is 36.7 Å². The Hall–Kier alpha value is -1.43. The van der Waals surface area contributed by atoms with Gasteiger partial charge in [-0.1, -0.05) is 122 Å². The summed E-state index contributed by atoms with van der Waals surface area (Å²) in [6, 6.07) is 10.8. The Kier molecular flexibility index (Phi) is 24.5. The molecule has 2 aromatic rings. The number of hydrogen-bond acceptors (Lipinski definition) is 8. The first kappa shape index (κ1) is 61.6. The third kappa shape index (κ3) is 15.6. The molecule has 2 aromatic heterocycles. The van der Waals surface area contributed by atoms with Gasteiger partial charge in [0.15, 0.2) is 0 Å². The second-order valence-electron chi connectivity index (χ2n) is 18.3. The van der Waals surface area contributed by atoms with Gasteiger partial charge in [-0.25, -0.2) is 0 Å². The topological polar surface area (TPSA) is 141 Å². The molecule has 21 heteroatoms. The van der Waals surface area contributed by atoms with Crippen LogP contribution in [0.5, 0.6) is 0 Å². The van der Waals surface area contributed by atoms with E-state index < -0.39 is 47.4 Å². The van der Waals surface area contributed by atoms with Gasteiger partial charge in [0.2, 0.25) is 0 Å². The summed E-state index contributed by atoms with van der Waals surface area (Å²) in [6.45, 7) is 38.1. The number of rotatable bonds is 16. The minimum atomic E-state index is -5.84. The summed E-state index contributed by atoms with van der Waals surface area (Å²) in [5, 5.41) is 3.08. The zero-order valence-electron chi connectivity index (χ0n) is 39.5. The number of aromatic nitrogens is 2. The Morgan fingerprint density at radius 1 is 0.571 bits per heavy atom. The van der Waals surface area contributed by atoms with Crippen LogP contribution in [0.3, 0.4) is 0 Å². The van der Waals surface area contributed by atoms with Crippen LogP contribution in [0.2, 0.25) is 33.2 Å². The largest absolute Gasteiger partial charge is 0.522 e. The summed E-state index contributed by atoms with van der Waals surface area (Å²) in [5.74, 6) is 0. The van der Waals surface area contributed by atoms with E-state index in [0.717, 1.165) is 26.2 Å². The maximum atomic E-state index is 10.7.